The Labute approximate surface area is 230 Å². The van der Waals surface area contributed by atoms with Gasteiger partial charge >= 0.3 is 0 Å². The van der Waals surface area contributed by atoms with Gasteiger partial charge in [0.05, 0.1) is 12.0 Å². The van der Waals surface area contributed by atoms with Gasteiger partial charge < -0.3 is 10.2 Å². The molecule has 0 bridgehead atoms. The fourth-order valence-electron chi connectivity index (χ4n) is 7.15. The summed E-state index contributed by atoms with van der Waals surface area (Å²) in [6.07, 6.45) is 2.50. The molecule has 2 saturated heterocycles. The molecule has 39 heavy (non-hydrogen) atoms. The van der Waals surface area contributed by atoms with Gasteiger partial charge in [-0.1, -0.05) is 18.2 Å². The van der Waals surface area contributed by atoms with Gasteiger partial charge in [0.15, 0.2) is 0 Å². The number of rotatable bonds is 3. The molecule has 7 heteroatoms. The summed E-state index contributed by atoms with van der Waals surface area (Å²) in [6, 6.07) is 8.22. The van der Waals surface area contributed by atoms with Crippen LogP contribution in [-0.2, 0) is 15.0 Å². The Balaban J connectivity index is 1.38. The van der Waals surface area contributed by atoms with E-state index in [-0.39, 0.29) is 40.6 Å². The van der Waals surface area contributed by atoms with E-state index in [0.717, 1.165) is 25.3 Å². The molecule has 1 aliphatic carbocycles. The third-order valence-corrected chi connectivity index (χ3v) is 9.56. The van der Waals surface area contributed by atoms with Crippen LogP contribution in [0.5, 0.6) is 0 Å². The number of halogens is 2. The van der Waals surface area contributed by atoms with Crippen LogP contribution in [-0.4, -0.2) is 53.3 Å². The fraction of sp³-hybridized carbons (Fsp3) is 0.562. The van der Waals surface area contributed by atoms with Crippen molar-refractivity contribution in [3.63, 3.8) is 0 Å². The summed E-state index contributed by atoms with van der Waals surface area (Å²) in [6.45, 7) is 14.5. The number of carbonyl (C=O) groups is 2. The van der Waals surface area contributed by atoms with Gasteiger partial charge in [0, 0.05) is 56.0 Å². The summed E-state index contributed by atoms with van der Waals surface area (Å²) in [4.78, 5) is 30.2. The maximum absolute atomic E-state index is 14.9. The standard InChI is InChI=1S/C32H41F2N3O2/c1-19-13-24-27(14-20(19)2)32(16-29(24)35-21(3)38)9-11-36(12-10-32)30(39)26-18-37(31(4,5)6)17-25(26)23-8-7-22(33)15-28(23)34/h7-8,13-15,25-26,29H,9-12,16-18H2,1-6H3,(H,35,38)/t25?,26-,29?/m1/s1. The van der Waals surface area contributed by atoms with E-state index < -0.39 is 11.6 Å². The second-order valence-electron chi connectivity index (χ2n) is 13.0. The zero-order valence-electron chi connectivity index (χ0n) is 24.0. The molecule has 2 aromatic carbocycles. The van der Waals surface area contributed by atoms with Crippen LogP contribution in [0.15, 0.2) is 30.3 Å². The predicted molar refractivity (Wildman–Crippen MR) is 148 cm³/mol. The van der Waals surface area contributed by atoms with Crippen molar-refractivity contribution < 1.29 is 18.4 Å². The maximum atomic E-state index is 14.9. The van der Waals surface area contributed by atoms with Gasteiger partial charge in [-0.25, -0.2) is 8.78 Å². The Morgan fingerprint density at radius 2 is 1.64 bits per heavy atom. The van der Waals surface area contributed by atoms with Gasteiger partial charge in [-0.15, -0.1) is 0 Å². The molecular weight excluding hydrogens is 496 g/mol. The first kappa shape index (κ1) is 27.8. The lowest BCUT2D eigenvalue weighted by Crippen LogP contribution is -2.48. The quantitative estimate of drug-likeness (QED) is 0.560. The van der Waals surface area contributed by atoms with Gasteiger partial charge in [-0.2, -0.15) is 0 Å². The molecule has 0 saturated carbocycles. The van der Waals surface area contributed by atoms with Crippen LogP contribution >= 0.6 is 0 Å². The number of likely N-dealkylation sites (tertiary alicyclic amines) is 2. The normalized spacial score (nSPS) is 24.7. The second-order valence-corrected chi connectivity index (χ2v) is 13.0. The Bertz CT molecular complexity index is 1290. The van der Waals surface area contributed by atoms with Gasteiger partial charge in [0.1, 0.15) is 11.6 Å². The molecule has 1 N–H and O–H groups in total. The molecule has 5 nitrogen and oxygen atoms in total. The summed E-state index contributed by atoms with van der Waals surface area (Å²) in [5.41, 5.74) is 5.15. The molecule has 2 fully saturated rings. The van der Waals surface area contributed by atoms with Crippen LogP contribution in [0.3, 0.4) is 0 Å². The lowest BCUT2D eigenvalue weighted by Gasteiger charge is -2.41. The van der Waals surface area contributed by atoms with E-state index in [1.807, 2.05) is 4.90 Å². The molecule has 2 heterocycles. The van der Waals surface area contributed by atoms with Crippen LogP contribution in [0.1, 0.15) is 86.7 Å². The van der Waals surface area contributed by atoms with Crippen LogP contribution < -0.4 is 5.32 Å². The van der Waals surface area contributed by atoms with Crippen LogP contribution in [0, 0.1) is 31.4 Å². The number of hydrogen-bond acceptors (Lipinski definition) is 3. The van der Waals surface area contributed by atoms with Crippen molar-refractivity contribution in [3.8, 4) is 0 Å². The smallest absolute Gasteiger partial charge is 0.227 e. The number of amides is 2. The first-order valence-corrected chi connectivity index (χ1v) is 14.2. The van der Waals surface area contributed by atoms with Gasteiger partial charge in [-0.05, 0) is 87.8 Å². The van der Waals surface area contributed by atoms with Crippen molar-refractivity contribution in [2.45, 2.75) is 83.7 Å². The fourth-order valence-corrected chi connectivity index (χ4v) is 7.15. The average molecular weight is 538 g/mol. The number of fused-ring (bicyclic) bond motifs is 2. The Morgan fingerprint density at radius 3 is 2.26 bits per heavy atom. The Morgan fingerprint density at radius 1 is 0.974 bits per heavy atom. The third-order valence-electron chi connectivity index (χ3n) is 9.56. The summed E-state index contributed by atoms with van der Waals surface area (Å²) < 4.78 is 28.6. The predicted octanol–water partition coefficient (Wildman–Crippen LogP) is 5.54. The van der Waals surface area contributed by atoms with Crippen molar-refractivity contribution in [1.29, 1.82) is 0 Å². The van der Waals surface area contributed by atoms with Gasteiger partial charge in [0.2, 0.25) is 11.8 Å². The highest BCUT2D eigenvalue weighted by molar-refractivity contribution is 5.81. The number of nitrogens with zero attached hydrogens (tertiary/aromatic N) is 2. The number of carbonyl (C=O) groups excluding carboxylic acids is 2. The lowest BCUT2D eigenvalue weighted by molar-refractivity contribution is -0.137. The molecule has 2 amide bonds. The number of benzene rings is 2. The molecule has 0 radical (unpaired) electrons. The van der Waals surface area contributed by atoms with Crippen LogP contribution in [0.2, 0.25) is 0 Å². The van der Waals surface area contributed by atoms with E-state index in [1.54, 1.807) is 6.92 Å². The monoisotopic (exact) mass is 537 g/mol. The first-order valence-electron chi connectivity index (χ1n) is 14.2. The van der Waals surface area contributed by atoms with E-state index in [0.29, 0.717) is 31.7 Å². The largest absolute Gasteiger partial charge is 0.349 e. The molecule has 3 atom stereocenters. The highest BCUT2D eigenvalue weighted by Gasteiger charge is 2.49. The zero-order chi connectivity index (χ0) is 28.3. The van der Waals surface area contributed by atoms with Gasteiger partial charge in [0.25, 0.3) is 0 Å². The number of hydrogen-bond donors (Lipinski definition) is 1. The van der Waals surface area contributed by atoms with Crippen molar-refractivity contribution >= 4 is 11.8 Å². The van der Waals surface area contributed by atoms with Crippen molar-refractivity contribution in [2.75, 3.05) is 26.2 Å². The highest BCUT2D eigenvalue weighted by atomic mass is 19.1. The van der Waals surface area contributed by atoms with E-state index >= 15 is 0 Å². The van der Waals surface area contributed by atoms with E-state index in [9.17, 15) is 18.4 Å². The van der Waals surface area contributed by atoms with Crippen LogP contribution in [0.25, 0.3) is 0 Å². The molecule has 3 aliphatic rings. The molecule has 5 rings (SSSR count). The third kappa shape index (κ3) is 5.10. The number of aryl methyl sites for hydroxylation is 2. The summed E-state index contributed by atoms with van der Waals surface area (Å²) in [7, 11) is 0. The average Bonchev–Trinajstić information content (AvgIpc) is 3.40. The minimum atomic E-state index is -0.606. The van der Waals surface area contributed by atoms with E-state index in [2.05, 4.69) is 57.0 Å². The Hall–Kier alpha value is -2.80. The molecule has 2 aliphatic heterocycles. The molecular formula is C32H41F2N3O2. The van der Waals surface area contributed by atoms with Crippen molar-refractivity contribution in [2.24, 2.45) is 5.92 Å². The summed E-state index contributed by atoms with van der Waals surface area (Å²) in [5.74, 6) is -1.87. The topological polar surface area (TPSA) is 52.7 Å². The molecule has 0 aromatic heterocycles. The van der Waals surface area contributed by atoms with E-state index in [4.69, 9.17) is 0 Å². The van der Waals surface area contributed by atoms with E-state index in [1.165, 1.54) is 34.4 Å². The summed E-state index contributed by atoms with van der Waals surface area (Å²) >= 11 is 0. The SMILES string of the molecule is CC(=O)NC1CC2(CCN(C(=O)[C@@H]3CN(C(C)(C)C)CC3c3ccc(F)cc3F)CC2)c2cc(C)c(C)cc21. The first-order chi connectivity index (χ1) is 18.3. The van der Waals surface area contributed by atoms with Crippen molar-refractivity contribution in [3.05, 3.63) is 69.8 Å². The maximum Gasteiger partial charge on any atom is 0.227 e. The Kier molecular flexibility index (Phi) is 7.11. The zero-order valence-corrected chi connectivity index (χ0v) is 24.0. The second kappa shape index (κ2) is 9.99. The molecule has 1 spiro atoms. The lowest BCUT2D eigenvalue weighted by atomic mass is 9.73. The minimum absolute atomic E-state index is 0.0138. The number of piperidine rings is 1. The van der Waals surface area contributed by atoms with Crippen molar-refractivity contribution in [1.82, 2.24) is 15.1 Å². The summed E-state index contributed by atoms with van der Waals surface area (Å²) in [5, 5.41) is 3.16. The minimum Gasteiger partial charge on any atom is -0.349 e. The molecule has 2 aromatic rings. The highest BCUT2D eigenvalue weighted by Crippen LogP contribution is 2.52. The van der Waals surface area contributed by atoms with Crippen LogP contribution in [0.4, 0.5) is 8.78 Å². The molecule has 210 valence electrons. The number of nitrogens with one attached hydrogen (secondary N) is 1. The van der Waals surface area contributed by atoms with Gasteiger partial charge in [-0.3, -0.25) is 14.5 Å². The molecule has 2 unspecified atom stereocenters.